The molecule has 0 saturated carbocycles. The summed E-state index contributed by atoms with van der Waals surface area (Å²) < 4.78 is 29.8. The fraction of sp³-hybridized carbons (Fsp3) is 0.300. The average Bonchev–Trinajstić information content (AvgIpc) is 2.28. The van der Waals surface area contributed by atoms with Crippen LogP contribution in [0.4, 0.5) is 5.69 Å². The first-order valence-electron chi connectivity index (χ1n) is 4.75. The SMILES string of the molecule is COC(=O)Cc1cccc(N(C)O[SH](=O)=O)c1. The molecule has 0 aliphatic heterocycles. The van der Waals surface area contributed by atoms with E-state index in [4.69, 9.17) is 0 Å². The predicted octanol–water partition coefficient (Wildman–Crippen LogP) is 0.296. The number of esters is 1. The highest BCUT2D eigenvalue weighted by Crippen LogP contribution is 2.15. The van der Waals surface area contributed by atoms with Crippen LogP contribution < -0.4 is 5.06 Å². The molecule has 0 spiro atoms. The number of hydroxylamine groups is 1. The van der Waals surface area contributed by atoms with E-state index in [2.05, 4.69) is 9.02 Å². The van der Waals surface area contributed by atoms with Gasteiger partial charge in [-0.1, -0.05) is 12.1 Å². The molecule has 1 aromatic carbocycles. The van der Waals surface area contributed by atoms with E-state index in [0.717, 1.165) is 5.06 Å². The van der Waals surface area contributed by atoms with Gasteiger partial charge in [-0.25, -0.2) is 13.5 Å². The zero-order valence-electron chi connectivity index (χ0n) is 9.45. The summed E-state index contributed by atoms with van der Waals surface area (Å²) in [4.78, 5) is 11.1. The van der Waals surface area contributed by atoms with Crippen LogP contribution in [0.2, 0.25) is 0 Å². The number of anilines is 1. The highest BCUT2D eigenvalue weighted by atomic mass is 32.2. The van der Waals surface area contributed by atoms with Crippen LogP contribution in [0.25, 0.3) is 0 Å². The summed E-state index contributed by atoms with van der Waals surface area (Å²) in [5.41, 5.74) is 1.25. The minimum Gasteiger partial charge on any atom is -0.469 e. The molecule has 0 amide bonds. The van der Waals surface area contributed by atoms with Crippen LogP contribution in [0.3, 0.4) is 0 Å². The van der Waals surface area contributed by atoms with E-state index >= 15 is 0 Å². The van der Waals surface area contributed by atoms with Gasteiger partial charge in [-0.2, -0.15) is 4.28 Å². The van der Waals surface area contributed by atoms with Crippen molar-refractivity contribution >= 4 is 22.6 Å². The van der Waals surface area contributed by atoms with E-state index in [1.807, 2.05) is 0 Å². The van der Waals surface area contributed by atoms with Crippen molar-refractivity contribution in [2.24, 2.45) is 0 Å². The van der Waals surface area contributed by atoms with Crippen LogP contribution >= 0.6 is 0 Å². The molecule has 0 radical (unpaired) electrons. The number of hydrogen-bond acceptors (Lipinski definition) is 6. The topological polar surface area (TPSA) is 72.9 Å². The smallest absolute Gasteiger partial charge is 0.309 e. The Morgan fingerprint density at radius 1 is 1.41 bits per heavy atom. The first kappa shape index (κ1) is 13.5. The molecule has 17 heavy (non-hydrogen) atoms. The Balaban J connectivity index is 2.81. The monoisotopic (exact) mass is 259 g/mol. The van der Waals surface area contributed by atoms with Gasteiger partial charge in [0.1, 0.15) is 0 Å². The van der Waals surface area contributed by atoms with E-state index in [0.29, 0.717) is 11.3 Å². The lowest BCUT2D eigenvalue weighted by Crippen LogP contribution is -2.17. The van der Waals surface area contributed by atoms with Crippen molar-refractivity contribution in [1.82, 2.24) is 0 Å². The Morgan fingerprint density at radius 2 is 2.12 bits per heavy atom. The van der Waals surface area contributed by atoms with E-state index < -0.39 is 11.0 Å². The molecule has 0 atom stereocenters. The number of carbonyl (C=O) groups is 1. The fourth-order valence-corrected chi connectivity index (χ4v) is 1.54. The summed E-state index contributed by atoms with van der Waals surface area (Å²) >= 11 is 0. The summed E-state index contributed by atoms with van der Waals surface area (Å²) in [5, 5.41) is 1.10. The molecule has 1 rings (SSSR count). The Kier molecular flexibility index (Phi) is 4.92. The van der Waals surface area contributed by atoms with Crippen LogP contribution in [0.15, 0.2) is 24.3 Å². The van der Waals surface area contributed by atoms with Crippen LogP contribution in [-0.2, 0) is 31.2 Å². The van der Waals surface area contributed by atoms with Gasteiger partial charge in [0.25, 0.3) is 11.0 Å². The molecular weight excluding hydrogens is 246 g/mol. The molecule has 6 nitrogen and oxygen atoms in total. The Morgan fingerprint density at radius 3 is 2.71 bits per heavy atom. The second-order valence-corrected chi connectivity index (χ2v) is 3.84. The lowest BCUT2D eigenvalue weighted by Gasteiger charge is -2.14. The molecule has 7 heteroatoms. The molecule has 0 aliphatic rings. The van der Waals surface area contributed by atoms with Crippen molar-refractivity contribution in [3.05, 3.63) is 29.8 Å². The van der Waals surface area contributed by atoms with Crippen molar-refractivity contribution in [2.45, 2.75) is 6.42 Å². The van der Waals surface area contributed by atoms with Crippen molar-refractivity contribution in [3.8, 4) is 0 Å². The largest absolute Gasteiger partial charge is 0.469 e. The number of methoxy groups -OCH3 is 1. The number of ether oxygens (including phenoxy) is 1. The summed E-state index contributed by atoms with van der Waals surface area (Å²) in [7, 11) is -0.189. The fourth-order valence-electron chi connectivity index (χ4n) is 1.25. The first-order valence-corrected chi connectivity index (χ1v) is 5.84. The zero-order chi connectivity index (χ0) is 12.8. The van der Waals surface area contributed by atoms with Gasteiger partial charge in [0.15, 0.2) is 0 Å². The van der Waals surface area contributed by atoms with Crippen molar-refractivity contribution in [3.63, 3.8) is 0 Å². The van der Waals surface area contributed by atoms with Crippen molar-refractivity contribution in [2.75, 3.05) is 19.2 Å². The highest BCUT2D eigenvalue weighted by Gasteiger charge is 2.06. The van der Waals surface area contributed by atoms with Gasteiger partial charge >= 0.3 is 5.97 Å². The van der Waals surface area contributed by atoms with Gasteiger partial charge in [-0.05, 0) is 17.7 Å². The Bertz CT molecular complexity index is 464. The van der Waals surface area contributed by atoms with E-state index in [1.54, 1.807) is 24.3 Å². The predicted molar refractivity (Wildman–Crippen MR) is 62.0 cm³/mol. The van der Waals surface area contributed by atoms with E-state index in [1.165, 1.54) is 14.2 Å². The van der Waals surface area contributed by atoms with E-state index in [-0.39, 0.29) is 12.4 Å². The summed E-state index contributed by atoms with van der Waals surface area (Å²) in [6.07, 6.45) is 0.127. The standard InChI is InChI=1S/C10H13NO5S/c1-11(16-17(13)14)9-5-3-4-8(6-9)7-10(12)15-2/h3-6,17H,7H2,1-2H3. The molecule has 1 aromatic rings. The van der Waals surface area contributed by atoms with Gasteiger partial charge in [0.05, 0.1) is 19.2 Å². The Hall–Kier alpha value is -1.60. The van der Waals surface area contributed by atoms with Crippen molar-refractivity contribution in [1.29, 1.82) is 0 Å². The number of carbonyl (C=O) groups excluding carboxylic acids is 1. The molecule has 94 valence electrons. The van der Waals surface area contributed by atoms with Crippen LogP contribution in [0, 0.1) is 0 Å². The molecule has 0 fully saturated rings. The summed E-state index contributed by atoms with van der Waals surface area (Å²) in [5.74, 6) is -0.361. The third kappa shape index (κ3) is 4.41. The molecule has 0 N–H and O–H groups in total. The number of hydrogen-bond donors (Lipinski definition) is 1. The van der Waals surface area contributed by atoms with Gasteiger partial charge in [0, 0.05) is 7.05 Å². The second-order valence-electron chi connectivity index (χ2n) is 3.23. The zero-order valence-corrected chi connectivity index (χ0v) is 10.3. The van der Waals surface area contributed by atoms with Gasteiger partial charge < -0.3 is 4.74 Å². The maximum Gasteiger partial charge on any atom is 0.309 e. The minimum absolute atomic E-state index is 0.127. The molecular formula is C10H13NO5S. The highest BCUT2D eigenvalue weighted by molar-refractivity contribution is 7.67. The number of benzene rings is 1. The third-order valence-electron chi connectivity index (χ3n) is 2.04. The minimum atomic E-state index is -2.96. The van der Waals surface area contributed by atoms with Crippen molar-refractivity contribution < 1.29 is 22.2 Å². The summed E-state index contributed by atoms with van der Waals surface area (Å²) in [6.45, 7) is 0. The first-order chi connectivity index (χ1) is 8.02. The van der Waals surface area contributed by atoms with Crippen LogP contribution in [-0.4, -0.2) is 28.5 Å². The lowest BCUT2D eigenvalue weighted by molar-refractivity contribution is -0.139. The molecule has 0 unspecified atom stereocenters. The quantitative estimate of drug-likeness (QED) is 0.465. The molecule has 0 saturated heterocycles. The Labute approximate surface area is 101 Å². The normalized spacial score (nSPS) is 10.3. The molecule has 0 aromatic heterocycles. The van der Waals surface area contributed by atoms with Gasteiger partial charge in [0.2, 0.25) is 0 Å². The lowest BCUT2D eigenvalue weighted by atomic mass is 10.1. The number of nitrogens with zero attached hydrogens (tertiary/aromatic N) is 1. The summed E-state index contributed by atoms with van der Waals surface area (Å²) in [6, 6.07) is 6.76. The van der Waals surface area contributed by atoms with Gasteiger partial charge in [-0.15, -0.1) is 0 Å². The third-order valence-corrected chi connectivity index (χ3v) is 2.42. The second kappa shape index (κ2) is 6.21. The maximum atomic E-state index is 11.1. The molecule has 0 aliphatic carbocycles. The van der Waals surface area contributed by atoms with Gasteiger partial charge in [-0.3, -0.25) is 4.79 Å². The molecule has 0 heterocycles. The average molecular weight is 259 g/mol. The maximum absolute atomic E-state index is 11.1. The van der Waals surface area contributed by atoms with Crippen LogP contribution in [0.1, 0.15) is 5.56 Å². The van der Waals surface area contributed by atoms with Crippen LogP contribution in [0.5, 0.6) is 0 Å². The number of thiol groups is 1. The number of rotatable bonds is 5. The molecule has 0 bridgehead atoms. The van der Waals surface area contributed by atoms with E-state index in [9.17, 15) is 13.2 Å².